The molecule has 184 valence electrons. The van der Waals surface area contributed by atoms with Gasteiger partial charge in [-0.1, -0.05) is 13.0 Å². The number of aromatic nitrogens is 1. The molecule has 0 saturated carbocycles. The van der Waals surface area contributed by atoms with Crippen LogP contribution in [0, 0.1) is 5.92 Å². The highest BCUT2D eigenvalue weighted by molar-refractivity contribution is 5.73. The number of nitrogens with one attached hydrogen (secondary N) is 2. The molecule has 3 heterocycles. The van der Waals surface area contributed by atoms with E-state index in [-0.39, 0.29) is 24.2 Å². The lowest BCUT2D eigenvalue weighted by molar-refractivity contribution is -0.119. The Kier molecular flexibility index (Phi) is 7.47. The van der Waals surface area contributed by atoms with Crippen molar-refractivity contribution < 1.29 is 18.7 Å². The van der Waals surface area contributed by atoms with Gasteiger partial charge in [0.25, 0.3) is 0 Å². The van der Waals surface area contributed by atoms with Gasteiger partial charge < -0.3 is 15.0 Å². The SMILES string of the molecule is CC(=O)NC[C@H]1CN(C2C=C(F)C(N3CCNN(Cc4ccccn4)CC3)=C(C)C2C)C(=O)O1. The molecule has 2 aliphatic heterocycles. The fourth-order valence-corrected chi connectivity index (χ4v) is 4.76. The van der Waals surface area contributed by atoms with E-state index in [1.807, 2.05) is 32.0 Å². The van der Waals surface area contributed by atoms with Gasteiger partial charge in [-0.2, -0.15) is 0 Å². The van der Waals surface area contributed by atoms with E-state index >= 15 is 4.39 Å². The van der Waals surface area contributed by atoms with Gasteiger partial charge in [0.2, 0.25) is 5.91 Å². The fourth-order valence-electron chi connectivity index (χ4n) is 4.76. The Morgan fingerprint density at radius 2 is 2.15 bits per heavy atom. The highest BCUT2D eigenvalue weighted by Gasteiger charge is 2.41. The smallest absolute Gasteiger partial charge is 0.410 e. The molecule has 34 heavy (non-hydrogen) atoms. The Labute approximate surface area is 199 Å². The van der Waals surface area contributed by atoms with E-state index in [4.69, 9.17) is 4.74 Å². The Hall–Kier alpha value is -2.98. The number of carbonyl (C=O) groups is 2. The average molecular weight is 473 g/mol. The molecular weight excluding hydrogens is 439 g/mol. The first-order valence-corrected chi connectivity index (χ1v) is 11.8. The number of nitrogens with zero attached hydrogens (tertiary/aromatic N) is 4. The van der Waals surface area contributed by atoms with Crippen LogP contribution in [0.5, 0.6) is 0 Å². The van der Waals surface area contributed by atoms with Crippen molar-refractivity contribution in [2.45, 2.75) is 39.5 Å². The molecule has 3 atom stereocenters. The predicted molar refractivity (Wildman–Crippen MR) is 125 cm³/mol. The first-order valence-electron chi connectivity index (χ1n) is 11.8. The second-order valence-electron chi connectivity index (χ2n) is 9.06. The van der Waals surface area contributed by atoms with Crippen LogP contribution in [0.25, 0.3) is 0 Å². The Balaban J connectivity index is 1.41. The summed E-state index contributed by atoms with van der Waals surface area (Å²) in [7, 11) is 0. The number of allylic oxidation sites excluding steroid dienone is 1. The molecule has 1 aromatic rings. The maximum Gasteiger partial charge on any atom is 0.410 e. The number of carbonyl (C=O) groups excluding carboxylic acids is 2. The maximum atomic E-state index is 15.5. The number of ether oxygens (including phenoxy) is 1. The Morgan fingerprint density at radius 1 is 1.32 bits per heavy atom. The minimum atomic E-state index is -0.475. The molecule has 0 aromatic carbocycles. The van der Waals surface area contributed by atoms with Crippen LogP contribution in [0.15, 0.2) is 47.6 Å². The van der Waals surface area contributed by atoms with Crippen molar-refractivity contribution in [1.29, 1.82) is 0 Å². The van der Waals surface area contributed by atoms with Gasteiger partial charge in [0.15, 0.2) is 0 Å². The maximum absolute atomic E-state index is 15.5. The molecular formula is C24H33FN6O3. The van der Waals surface area contributed by atoms with E-state index in [0.29, 0.717) is 38.4 Å². The number of hydrogen-bond donors (Lipinski definition) is 2. The first-order chi connectivity index (χ1) is 16.3. The number of rotatable bonds is 6. The van der Waals surface area contributed by atoms with Crippen LogP contribution in [0.4, 0.5) is 9.18 Å². The van der Waals surface area contributed by atoms with Crippen molar-refractivity contribution in [3.8, 4) is 0 Å². The van der Waals surface area contributed by atoms with Crippen molar-refractivity contribution in [3.05, 3.63) is 53.3 Å². The summed E-state index contributed by atoms with van der Waals surface area (Å²) in [4.78, 5) is 31.7. The molecule has 0 spiro atoms. The molecule has 9 nitrogen and oxygen atoms in total. The van der Waals surface area contributed by atoms with Crippen LogP contribution in [-0.4, -0.2) is 83.2 Å². The summed E-state index contributed by atoms with van der Waals surface area (Å²) in [6.45, 7) is 9.39. The van der Waals surface area contributed by atoms with Crippen LogP contribution in [0.3, 0.4) is 0 Å². The Bertz CT molecular complexity index is 969. The number of hydrazine groups is 1. The molecule has 2 N–H and O–H groups in total. The molecule has 10 heteroatoms. The zero-order chi connectivity index (χ0) is 24.2. The summed E-state index contributed by atoms with van der Waals surface area (Å²) in [5.74, 6) is -0.556. The lowest BCUT2D eigenvalue weighted by atomic mass is 9.86. The zero-order valence-electron chi connectivity index (χ0n) is 20.0. The number of amides is 2. The van der Waals surface area contributed by atoms with Crippen molar-refractivity contribution in [3.63, 3.8) is 0 Å². The summed E-state index contributed by atoms with van der Waals surface area (Å²) < 4.78 is 20.9. The van der Waals surface area contributed by atoms with E-state index in [2.05, 4.69) is 25.6 Å². The summed E-state index contributed by atoms with van der Waals surface area (Å²) >= 11 is 0. The van der Waals surface area contributed by atoms with Gasteiger partial charge >= 0.3 is 6.09 Å². The van der Waals surface area contributed by atoms with Gasteiger partial charge in [0, 0.05) is 45.2 Å². The van der Waals surface area contributed by atoms with Gasteiger partial charge in [-0.3, -0.25) is 20.1 Å². The van der Waals surface area contributed by atoms with Crippen LogP contribution < -0.4 is 10.7 Å². The third-order valence-electron chi connectivity index (χ3n) is 6.71. The van der Waals surface area contributed by atoms with Gasteiger partial charge in [-0.05, 0) is 30.7 Å². The lowest BCUT2D eigenvalue weighted by Crippen LogP contribution is -2.44. The van der Waals surface area contributed by atoms with Gasteiger partial charge in [-0.25, -0.2) is 14.2 Å². The van der Waals surface area contributed by atoms with Crippen molar-refractivity contribution in [1.82, 2.24) is 30.5 Å². The molecule has 4 rings (SSSR count). The topological polar surface area (TPSA) is 90.0 Å². The molecule has 3 aliphatic rings. The number of hydrogen-bond acceptors (Lipinski definition) is 7. The molecule has 0 radical (unpaired) electrons. The normalized spacial score (nSPS) is 26.3. The van der Waals surface area contributed by atoms with Crippen molar-refractivity contribution in [2.24, 2.45) is 5.92 Å². The third kappa shape index (κ3) is 5.39. The molecule has 0 bridgehead atoms. The van der Waals surface area contributed by atoms with Crippen molar-refractivity contribution >= 4 is 12.0 Å². The lowest BCUT2D eigenvalue weighted by Gasteiger charge is -2.37. The summed E-state index contributed by atoms with van der Waals surface area (Å²) in [6.07, 6.45) is 2.41. The van der Waals surface area contributed by atoms with E-state index in [0.717, 1.165) is 17.8 Å². The number of cyclic esters (lactones) is 1. The van der Waals surface area contributed by atoms with Gasteiger partial charge in [-0.15, -0.1) is 0 Å². The molecule has 2 fully saturated rings. The minimum Gasteiger partial charge on any atom is -0.442 e. The average Bonchev–Trinajstić information content (AvgIpc) is 3.03. The van der Waals surface area contributed by atoms with E-state index in [9.17, 15) is 9.59 Å². The predicted octanol–water partition coefficient (Wildman–Crippen LogP) is 1.81. The van der Waals surface area contributed by atoms with Gasteiger partial charge in [0.05, 0.1) is 37.1 Å². The molecule has 2 unspecified atom stereocenters. The second kappa shape index (κ2) is 10.5. The minimum absolute atomic E-state index is 0.0672. The zero-order valence-corrected chi connectivity index (χ0v) is 20.0. The molecule has 1 aliphatic carbocycles. The second-order valence-corrected chi connectivity index (χ2v) is 9.06. The van der Waals surface area contributed by atoms with Crippen LogP contribution in [0.2, 0.25) is 0 Å². The third-order valence-corrected chi connectivity index (χ3v) is 6.71. The van der Waals surface area contributed by atoms with Crippen LogP contribution >= 0.6 is 0 Å². The highest BCUT2D eigenvalue weighted by Crippen LogP contribution is 2.36. The first kappa shape index (κ1) is 24.2. The summed E-state index contributed by atoms with van der Waals surface area (Å²) in [6, 6.07) is 5.43. The fraction of sp³-hybridized carbons (Fsp3) is 0.542. The van der Waals surface area contributed by atoms with Crippen LogP contribution in [0.1, 0.15) is 26.5 Å². The Morgan fingerprint density at radius 3 is 2.88 bits per heavy atom. The molecule has 1 aromatic heterocycles. The van der Waals surface area contributed by atoms with E-state index in [1.54, 1.807) is 17.2 Å². The summed E-state index contributed by atoms with van der Waals surface area (Å²) in [5.41, 5.74) is 5.93. The number of pyridine rings is 1. The highest BCUT2D eigenvalue weighted by atomic mass is 19.1. The quantitative estimate of drug-likeness (QED) is 0.653. The number of halogens is 1. The summed E-state index contributed by atoms with van der Waals surface area (Å²) in [5, 5.41) is 4.79. The van der Waals surface area contributed by atoms with Crippen LogP contribution in [-0.2, 0) is 16.1 Å². The van der Waals surface area contributed by atoms with Crippen molar-refractivity contribution in [2.75, 3.05) is 39.3 Å². The van der Waals surface area contributed by atoms with Gasteiger partial charge in [0.1, 0.15) is 11.9 Å². The molecule has 2 amide bonds. The molecule has 2 saturated heterocycles. The van der Waals surface area contributed by atoms with E-state index in [1.165, 1.54) is 6.92 Å². The monoisotopic (exact) mass is 472 g/mol. The standard InChI is InChI=1S/C24H33FN6O3/c1-16-17(2)23(29-9-8-28-30(11-10-29)14-19-6-4-5-7-26-19)21(25)12-22(16)31-15-20(34-24(31)33)13-27-18(3)32/h4-7,12,16,20,22,28H,8-11,13-15H2,1-3H3,(H,27,32)/t16?,20-,22?/m0/s1. The van der Waals surface area contributed by atoms with E-state index < -0.39 is 18.2 Å². The largest absolute Gasteiger partial charge is 0.442 e.